The molecule has 0 aromatic heterocycles. The molecule has 2 aromatic rings. The van der Waals surface area contributed by atoms with E-state index >= 15 is 0 Å². The Morgan fingerprint density at radius 1 is 0.789 bits per heavy atom. The van der Waals surface area contributed by atoms with Gasteiger partial charge in [-0.3, -0.25) is 0 Å². The lowest BCUT2D eigenvalue weighted by Gasteiger charge is -2.50. The maximum Gasteiger partial charge on any atom is 0.0648 e. The third-order valence-electron chi connectivity index (χ3n) is 4.50. The van der Waals surface area contributed by atoms with Gasteiger partial charge in [-0.05, 0) is 23.0 Å². The van der Waals surface area contributed by atoms with Gasteiger partial charge in [0.1, 0.15) is 0 Å². The van der Waals surface area contributed by atoms with Crippen molar-refractivity contribution in [2.75, 3.05) is 0 Å². The SMILES string of the molecule is CCC1C(O)C(c2ccccc2)C1c1ccccc1. The second-order valence-electron chi connectivity index (χ2n) is 5.44. The van der Waals surface area contributed by atoms with Crippen molar-refractivity contribution in [1.82, 2.24) is 0 Å². The van der Waals surface area contributed by atoms with Gasteiger partial charge < -0.3 is 5.11 Å². The molecule has 0 radical (unpaired) electrons. The average Bonchev–Trinajstić information content (AvgIpc) is 2.47. The van der Waals surface area contributed by atoms with Crippen molar-refractivity contribution in [1.29, 1.82) is 0 Å². The van der Waals surface area contributed by atoms with Crippen molar-refractivity contribution in [3.05, 3.63) is 71.8 Å². The summed E-state index contributed by atoms with van der Waals surface area (Å²) in [5.74, 6) is 1.07. The van der Waals surface area contributed by atoms with E-state index in [1.165, 1.54) is 11.1 Å². The van der Waals surface area contributed by atoms with Crippen molar-refractivity contribution in [2.45, 2.75) is 31.3 Å². The summed E-state index contributed by atoms with van der Waals surface area (Å²) >= 11 is 0. The molecule has 1 fully saturated rings. The predicted octanol–water partition coefficient (Wildman–Crippen LogP) is 3.95. The standard InChI is InChI=1S/C18H20O/c1-2-15-16(13-9-5-3-6-10-13)17(18(15)19)14-11-7-4-8-12-14/h3-12,15-19H,2H2,1H3. The molecule has 4 unspecified atom stereocenters. The Labute approximate surface area is 114 Å². The van der Waals surface area contributed by atoms with Crippen molar-refractivity contribution in [3.63, 3.8) is 0 Å². The van der Waals surface area contributed by atoms with Crippen LogP contribution in [0.2, 0.25) is 0 Å². The van der Waals surface area contributed by atoms with Crippen LogP contribution in [0.4, 0.5) is 0 Å². The van der Waals surface area contributed by atoms with E-state index in [9.17, 15) is 5.11 Å². The van der Waals surface area contributed by atoms with Crippen LogP contribution in [0.3, 0.4) is 0 Å². The Kier molecular flexibility index (Phi) is 3.39. The molecule has 3 rings (SSSR count). The van der Waals surface area contributed by atoms with Crippen LogP contribution in [0.1, 0.15) is 36.3 Å². The molecule has 0 heterocycles. The molecule has 1 saturated carbocycles. The number of aliphatic hydroxyl groups is 1. The monoisotopic (exact) mass is 252 g/mol. The van der Waals surface area contributed by atoms with Crippen molar-refractivity contribution < 1.29 is 5.11 Å². The van der Waals surface area contributed by atoms with E-state index in [0.29, 0.717) is 11.8 Å². The summed E-state index contributed by atoms with van der Waals surface area (Å²) in [6.45, 7) is 2.17. The first-order valence-corrected chi connectivity index (χ1v) is 7.11. The maximum absolute atomic E-state index is 10.5. The van der Waals surface area contributed by atoms with Gasteiger partial charge in [0.05, 0.1) is 6.10 Å². The highest BCUT2D eigenvalue weighted by Gasteiger charge is 2.49. The zero-order chi connectivity index (χ0) is 13.2. The summed E-state index contributed by atoms with van der Waals surface area (Å²) in [6, 6.07) is 21.0. The molecule has 1 nitrogen and oxygen atoms in total. The molecule has 0 spiro atoms. The second-order valence-corrected chi connectivity index (χ2v) is 5.44. The van der Waals surface area contributed by atoms with E-state index in [0.717, 1.165) is 6.42 Å². The number of rotatable bonds is 3. The van der Waals surface area contributed by atoms with Gasteiger partial charge >= 0.3 is 0 Å². The van der Waals surface area contributed by atoms with E-state index in [-0.39, 0.29) is 12.0 Å². The molecule has 19 heavy (non-hydrogen) atoms. The first kappa shape index (κ1) is 12.4. The van der Waals surface area contributed by atoms with Crippen LogP contribution in [-0.2, 0) is 0 Å². The lowest BCUT2D eigenvalue weighted by molar-refractivity contribution is -0.0282. The Morgan fingerprint density at radius 2 is 1.26 bits per heavy atom. The summed E-state index contributed by atoms with van der Waals surface area (Å²) in [5, 5.41) is 10.5. The fraction of sp³-hybridized carbons (Fsp3) is 0.333. The number of benzene rings is 2. The first-order chi connectivity index (χ1) is 9.33. The van der Waals surface area contributed by atoms with Gasteiger partial charge in [-0.15, -0.1) is 0 Å². The van der Waals surface area contributed by atoms with Crippen LogP contribution in [0.5, 0.6) is 0 Å². The maximum atomic E-state index is 10.5. The summed E-state index contributed by atoms with van der Waals surface area (Å²) < 4.78 is 0. The third-order valence-corrected chi connectivity index (χ3v) is 4.50. The fourth-order valence-electron chi connectivity index (χ4n) is 3.52. The molecule has 4 atom stereocenters. The molecular formula is C18H20O. The molecule has 0 bridgehead atoms. The van der Waals surface area contributed by atoms with Crippen LogP contribution in [0.25, 0.3) is 0 Å². The largest absolute Gasteiger partial charge is 0.392 e. The van der Waals surface area contributed by atoms with E-state index in [4.69, 9.17) is 0 Å². The van der Waals surface area contributed by atoms with E-state index in [2.05, 4.69) is 61.5 Å². The van der Waals surface area contributed by atoms with E-state index in [1.54, 1.807) is 0 Å². The van der Waals surface area contributed by atoms with Gasteiger partial charge in [0.2, 0.25) is 0 Å². The number of hydrogen-bond donors (Lipinski definition) is 1. The molecule has 1 heteroatoms. The predicted molar refractivity (Wildman–Crippen MR) is 78.2 cm³/mol. The first-order valence-electron chi connectivity index (χ1n) is 7.11. The molecule has 0 saturated heterocycles. The molecule has 1 aliphatic carbocycles. The van der Waals surface area contributed by atoms with Gasteiger partial charge in [-0.1, -0.05) is 74.0 Å². The minimum absolute atomic E-state index is 0.211. The van der Waals surface area contributed by atoms with Crippen LogP contribution < -0.4 is 0 Å². The zero-order valence-corrected chi connectivity index (χ0v) is 11.2. The highest BCUT2D eigenvalue weighted by molar-refractivity contribution is 5.35. The zero-order valence-electron chi connectivity index (χ0n) is 11.2. The normalized spacial score (nSPS) is 29.8. The summed E-state index contributed by atoms with van der Waals surface area (Å²) in [4.78, 5) is 0. The van der Waals surface area contributed by atoms with Crippen LogP contribution in [-0.4, -0.2) is 11.2 Å². The molecule has 0 aliphatic heterocycles. The lowest BCUT2D eigenvalue weighted by Crippen LogP contribution is -2.47. The third kappa shape index (κ3) is 2.08. The highest BCUT2D eigenvalue weighted by Crippen LogP contribution is 2.54. The van der Waals surface area contributed by atoms with Crippen LogP contribution in [0, 0.1) is 5.92 Å². The van der Waals surface area contributed by atoms with Crippen molar-refractivity contribution in [3.8, 4) is 0 Å². The Morgan fingerprint density at radius 3 is 1.74 bits per heavy atom. The molecule has 1 aliphatic rings. The number of hydrogen-bond acceptors (Lipinski definition) is 1. The van der Waals surface area contributed by atoms with E-state index in [1.807, 2.05) is 6.07 Å². The van der Waals surface area contributed by atoms with Gasteiger partial charge in [-0.25, -0.2) is 0 Å². The summed E-state index contributed by atoms with van der Waals surface area (Å²) in [7, 11) is 0. The number of aliphatic hydroxyl groups excluding tert-OH is 1. The summed E-state index contributed by atoms with van der Waals surface area (Å²) in [6.07, 6.45) is 0.821. The Hall–Kier alpha value is -1.60. The summed E-state index contributed by atoms with van der Waals surface area (Å²) in [5.41, 5.74) is 2.61. The quantitative estimate of drug-likeness (QED) is 0.876. The van der Waals surface area contributed by atoms with Crippen LogP contribution >= 0.6 is 0 Å². The molecule has 1 N–H and O–H groups in total. The van der Waals surface area contributed by atoms with Gasteiger partial charge in [-0.2, -0.15) is 0 Å². The molecular weight excluding hydrogens is 232 g/mol. The minimum atomic E-state index is -0.211. The topological polar surface area (TPSA) is 20.2 Å². The molecule has 2 aromatic carbocycles. The molecule has 0 amide bonds. The fourth-order valence-corrected chi connectivity index (χ4v) is 3.52. The van der Waals surface area contributed by atoms with Crippen molar-refractivity contribution in [2.24, 2.45) is 5.92 Å². The smallest absolute Gasteiger partial charge is 0.0648 e. The Bertz CT molecular complexity index is 520. The van der Waals surface area contributed by atoms with Gasteiger partial charge in [0.15, 0.2) is 0 Å². The second kappa shape index (κ2) is 5.18. The molecule has 98 valence electrons. The Balaban J connectivity index is 1.95. The highest BCUT2D eigenvalue weighted by atomic mass is 16.3. The van der Waals surface area contributed by atoms with E-state index < -0.39 is 0 Å². The van der Waals surface area contributed by atoms with Crippen molar-refractivity contribution >= 4 is 0 Å². The van der Waals surface area contributed by atoms with Gasteiger partial charge in [0, 0.05) is 5.92 Å². The lowest BCUT2D eigenvalue weighted by atomic mass is 9.56. The van der Waals surface area contributed by atoms with Crippen LogP contribution in [0.15, 0.2) is 60.7 Å². The minimum Gasteiger partial charge on any atom is -0.392 e. The average molecular weight is 252 g/mol. The van der Waals surface area contributed by atoms with Gasteiger partial charge in [0.25, 0.3) is 0 Å².